The molecular formula is C20H22N4O3S4. The third-order valence-electron chi connectivity index (χ3n) is 4.18. The van der Waals surface area contributed by atoms with Crippen LogP contribution in [0.4, 0.5) is 10.8 Å². The number of benzene rings is 2. The van der Waals surface area contributed by atoms with Crippen molar-refractivity contribution in [3.63, 3.8) is 0 Å². The minimum atomic E-state index is -3.96. The van der Waals surface area contributed by atoms with Gasteiger partial charge in [0.2, 0.25) is 11.0 Å². The molecule has 11 heteroatoms. The maximum atomic E-state index is 13.4. The van der Waals surface area contributed by atoms with E-state index in [2.05, 4.69) is 15.5 Å². The number of nitrogens with zero attached hydrogens (tertiary/aromatic N) is 3. The van der Waals surface area contributed by atoms with E-state index in [1.54, 1.807) is 36.4 Å². The van der Waals surface area contributed by atoms with E-state index in [0.717, 1.165) is 24.9 Å². The summed E-state index contributed by atoms with van der Waals surface area (Å²) in [5.41, 5.74) is 1.40. The van der Waals surface area contributed by atoms with Gasteiger partial charge in [-0.15, -0.1) is 22.0 Å². The van der Waals surface area contributed by atoms with E-state index in [4.69, 9.17) is 0 Å². The predicted octanol–water partition coefficient (Wildman–Crippen LogP) is 4.51. The zero-order chi connectivity index (χ0) is 22.4. The van der Waals surface area contributed by atoms with Crippen molar-refractivity contribution in [1.82, 2.24) is 10.2 Å². The number of hydrogen-bond acceptors (Lipinski definition) is 8. The van der Waals surface area contributed by atoms with Crippen LogP contribution in [0.3, 0.4) is 0 Å². The van der Waals surface area contributed by atoms with Crippen molar-refractivity contribution in [3.8, 4) is 0 Å². The Bertz CT molecular complexity index is 1130. The van der Waals surface area contributed by atoms with Crippen molar-refractivity contribution in [1.29, 1.82) is 0 Å². The molecule has 0 bridgehead atoms. The Labute approximate surface area is 194 Å². The van der Waals surface area contributed by atoms with Crippen molar-refractivity contribution in [3.05, 3.63) is 54.1 Å². The quantitative estimate of drug-likeness (QED) is 0.345. The molecule has 0 aliphatic rings. The highest BCUT2D eigenvalue weighted by Gasteiger charge is 2.27. The summed E-state index contributed by atoms with van der Waals surface area (Å²) >= 11 is 4.31. The van der Waals surface area contributed by atoms with E-state index in [-0.39, 0.29) is 11.4 Å². The molecular weight excluding hydrogens is 473 g/mol. The Morgan fingerprint density at radius 2 is 1.77 bits per heavy atom. The Kier molecular flexibility index (Phi) is 7.98. The van der Waals surface area contributed by atoms with E-state index >= 15 is 0 Å². The summed E-state index contributed by atoms with van der Waals surface area (Å²) in [7, 11) is -3.96. The second kappa shape index (κ2) is 10.5. The van der Waals surface area contributed by atoms with Gasteiger partial charge in [-0.3, -0.25) is 14.4 Å². The van der Waals surface area contributed by atoms with Gasteiger partial charge in [-0.25, -0.2) is 8.42 Å². The number of aromatic nitrogens is 2. The van der Waals surface area contributed by atoms with Gasteiger partial charge >= 0.3 is 0 Å². The van der Waals surface area contributed by atoms with Gasteiger partial charge in [-0.2, -0.15) is 0 Å². The smallest absolute Gasteiger partial charge is 0.264 e. The third-order valence-corrected chi connectivity index (χ3v) is 8.56. The Morgan fingerprint density at radius 3 is 2.39 bits per heavy atom. The SMILES string of the molecule is CCSc1nnc(NC(=O)CN(c2ccc(C)cc2)S(=O)(=O)c2ccc(SC)cc2)s1. The summed E-state index contributed by atoms with van der Waals surface area (Å²) in [5, 5.41) is 10.9. The number of aryl methyl sites for hydroxylation is 1. The maximum absolute atomic E-state index is 13.4. The first-order valence-electron chi connectivity index (χ1n) is 9.33. The first-order valence-corrected chi connectivity index (χ1v) is 13.8. The third kappa shape index (κ3) is 6.00. The van der Waals surface area contributed by atoms with E-state index in [1.165, 1.54) is 34.9 Å². The van der Waals surface area contributed by atoms with Gasteiger partial charge < -0.3 is 0 Å². The van der Waals surface area contributed by atoms with Gasteiger partial charge in [0.1, 0.15) is 6.54 Å². The van der Waals surface area contributed by atoms with Gasteiger partial charge in [-0.1, -0.05) is 47.7 Å². The molecule has 1 heterocycles. The summed E-state index contributed by atoms with van der Waals surface area (Å²) in [5.74, 6) is 0.353. The van der Waals surface area contributed by atoms with Crippen LogP contribution < -0.4 is 9.62 Å². The fourth-order valence-corrected chi connectivity index (χ4v) is 6.13. The summed E-state index contributed by atoms with van der Waals surface area (Å²) in [6, 6.07) is 13.6. The molecule has 0 aliphatic heterocycles. The highest BCUT2D eigenvalue weighted by Crippen LogP contribution is 2.27. The number of anilines is 2. The summed E-state index contributed by atoms with van der Waals surface area (Å²) < 4.78 is 28.7. The summed E-state index contributed by atoms with van der Waals surface area (Å²) in [6.45, 7) is 3.53. The molecule has 0 aliphatic carbocycles. The van der Waals surface area contributed by atoms with Gasteiger partial charge in [0.25, 0.3) is 10.0 Å². The normalized spacial score (nSPS) is 11.3. The Hall–Kier alpha value is -2.08. The fourth-order valence-electron chi connectivity index (χ4n) is 2.63. The highest BCUT2D eigenvalue weighted by atomic mass is 32.2. The average molecular weight is 495 g/mol. The lowest BCUT2D eigenvalue weighted by Crippen LogP contribution is -2.38. The number of thioether (sulfide) groups is 2. The number of amides is 1. The molecule has 3 aromatic rings. The monoisotopic (exact) mass is 494 g/mol. The van der Waals surface area contributed by atoms with Gasteiger partial charge in [-0.05, 0) is 55.3 Å². The molecule has 2 aromatic carbocycles. The zero-order valence-electron chi connectivity index (χ0n) is 17.2. The molecule has 0 saturated carbocycles. The maximum Gasteiger partial charge on any atom is 0.264 e. The topological polar surface area (TPSA) is 92.3 Å². The Morgan fingerprint density at radius 1 is 1.10 bits per heavy atom. The molecule has 7 nitrogen and oxygen atoms in total. The molecule has 0 unspecified atom stereocenters. The van der Waals surface area contributed by atoms with Crippen LogP contribution in [-0.2, 0) is 14.8 Å². The first kappa shape index (κ1) is 23.6. The van der Waals surface area contributed by atoms with E-state index < -0.39 is 15.9 Å². The standard InChI is InChI=1S/C20H22N4O3S4/c1-4-29-20-23-22-19(30-20)21-18(25)13-24(15-7-5-14(2)6-8-15)31(26,27)17-11-9-16(28-3)10-12-17/h5-12H,4,13H2,1-3H3,(H,21,22,25). The molecule has 0 atom stereocenters. The second-order valence-electron chi connectivity index (χ2n) is 6.38. The number of rotatable bonds is 9. The lowest BCUT2D eigenvalue weighted by molar-refractivity contribution is -0.114. The van der Waals surface area contributed by atoms with Gasteiger partial charge in [0.05, 0.1) is 10.6 Å². The number of carbonyl (C=O) groups excluding carboxylic acids is 1. The Balaban J connectivity index is 1.88. The van der Waals surface area contributed by atoms with Crippen LogP contribution in [0.1, 0.15) is 12.5 Å². The van der Waals surface area contributed by atoms with Crippen LogP contribution in [0, 0.1) is 6.92 Å². The number of nitrogens with one attached hydrogen (secondary N) is 1. The van der Waals surface area contributed by atoms with Crippen molar-refractivity contribution < 1.29 is 13.2 Å². The van der Waals surface area contributed by atoms with Crippen molar-refractivity contribution in [2.75, 3.05) is 28.2 Å². The van der Waals surface area contributed by atoms with Crippen LogP contribution in [0.2, 0.25) is 0 Å². The van der Waals surface area contributed by atoms with Crippen molar-refractivity contribution >= 4 is 61.6 Å². The van der Waals surface area contributed by atoms with Crippen molar-refractivity contribution in [2.45, 2.75) is 28.0 Å². The summed E-state index contributed by atoms with van der Waals surface area (Å²) in [6.07, 6.45) is 1.92. The average Bonchev–Trinajstić information content (AvgIpc) is 3.19. The molecule has 31 heavy (non-hydrogen) atoms. The molecule has 0 spiro atoms. The fraction of sp³-hybridized carbons (Fsp3) is 0.250. The number of sulfonamides is 1. The number of carbonyl (C=O) groups is 1. The minimum absolute atomic E-state index is 0.122. The molecule has 3 rings (SSSR count). The van der Waals surface area contributed by atoms with Crippen molar-refractivity contribution in [2.24, 2.45) is 0 Å². The lowest BCUT2D eigenvalue weighted by atomic mass is 10.2. The van der Waals surface area contributed by atoms with Crippen LogP contribution in [0.5, 0.6) is 0 Å². The van der Waals surface area contributed by atoms with E-state index in [0.29, 0.717) is 10.8 Å². The zero-order valence-corrected chi connectivity index (χ0v) is 20.5. The first-order chi connectivity index (χ1) is 14.8. The molecule has 0 fully saturated rings. The van der Waals surface area contributed by atoms with Crippen LogP contribution >= 0.6 is 34.9 Å². The van der Waals surface area contributed by atoms with Crippen LogP contribution in [0.25, 0.3) is 0 Å². The molecule has 1 aromatic heterocycles. The molecule has 1 N–H and O–H groups in total. The largest absolute Gasteiger partial charge is 0.299 e. The summed E-state index contributed by atoms with van der Waals surface area (Å²) in [4.78, 5) is 13.8. The van der Waals surface area contributed by atoms with E-state index in [1.807, 2.05) is 32.2 Å². The van der Waals surface area contributed by atoms with Gasteiger partial charge in [0.15, 0.2) is 4.34 Å². The minimum Gasteiger partial charge on any atom is -0.299 e. The molecule has 0 saturated heterocycles. The molecule has 1 amide bonds. The highest BCUT2D eigenvalue weighted by molar-refractivity contribution is 8.01. The number of hydrogen-bond donors (Lipinski definition) is 1. The van der Waals surface area contributed by atoms with Crippen LogP contribution in [0.15, 0.2) is 62.7 Å². The van der Waals surface area contributed by atoms with E-state index in [9.17, 15) is 13.2 Å². The second-order valence-corrected chi connectivity index (χ2v) is 11.6. The lowest BCUT2D eigenvalue weighted by Gasteiger charge is -2.24. The van der Waals surface area contributed by atoms with Crippen LogP contribution in [-0.4, -0.2) is 43.1 Å². The molecule has 164 valence electrons. The molecule has 0 radical (unpaired) electrons. The predicted molar refractivity (Wildman–Crippen MR) is 129 cm³/mol. The van der Waals surface area contributed by atoms with Gasteiger partial charge in [0, 0.05) is 4.90 Å².